The summed E-state index contributed by atoms with van der Waals surface area (Å²) in [6, 6.07) is 5.69. The first-order valence-electron chi connectivity index (χ1n) is 8.78. The molecule has 0 radical (unpaired) electrons. The molecule has 0 N–H and O–H groups in total. The maximum Gasteiger partial charge on any atom is 0.245 e. The highest BCUT2D eigenvalue weighted by atomic mass is 32.2. The monoisotopic (exact) mass is 379 g/mol. The highest BCUT2D eigenvalue weighted by molar-refractivity contribution is 7.89. The van der Waals surface area contributed by atoms with Crippen molar-refractivity contribution in [1.29, 1.82) is 0 Å². The average molecular weight is 379 g/mol. The van der Waals surface area contributed by atoms with Crippen LogP contribution < -0.4 is 4.90 Å². The molecule has 8 nitrogen and oxygen atoms in total. The van der Waals surface area contributed by atoms with Crippen molar-refractivity contribution in [3.8, 4) is 0 Å². The molecular weight excluding hydrogens is 358 g/mol. The van der Waals surface area contributed by atoms with Crippen molar-refractivity contribution in [2.45, 2.75) is 23.8 Å². The Balaban J connectivity index is 1.72. The minimum absolute atomic E-state index is 0.0903. The van der Waals surface area contributed by atoms with Gasteiger partial charge in [0.2, 0.25) is 21.8 Å². The lowest BCUT2D eigenvalue weighted by atomic mass is 10.1. The number of carbonyl (C=O) groups is 2. The second-order valence-corrected chi connectivity index (χ2v) is 8.52. The van der Waals surface area contributed by atoms with E-state index < -0.39 is 16.1 Å². The van der Waals surface area contributed by atoms with E-state index in [1.807, 2.05) is 0 Å². The third kappa shape index (κ3) is 2.80. The van der Waals surface area contributed by atoms with Gasteiger partial charge in [0.25, 0.3) is 0 Å². The molecule has 4 rings (SSSR count). The minimum atomic E-state index is -3.76. The van der Waals surface area contributed by atoms with Gasteiger partial charge in [-0.2, -0.15) is 4.31 Å². The number of hydrogen-bond acceptors (Lipinski definition) is 5. The molecule has 0 saturated carbocycles. The van der Waals surface area contributed by atoms with E-state index in [9.17, 15) is 18.0 Å². The van der Waals surface area contributed by atoms with Gasteiger partial charge in [0, 0.05) is 19.6 Å². The molecule has 1 atom stereocenters. The lowest BCUT2D eigenvalue weighted by Crippen LogP contribution is -2.50. The normalized spacial score (nSPS) is 25.5. The number of ether oxygens (including phenoxy) is 1. The van der Waals surface area contributed by atoms with Crippen LogP contribution in [0.4, 0.5) is 5.69 Å². The lowest BCUT2D eigenvalue weighted by molar-refractivity contribution is -0.135. The van der Waals surface area contributed by atoms with Crippen molar-refractivity contribution < 1.29 is 22.7 Å². The molecule has 140 valence electrons. The minimum Gasteiger partial charge on any atom is -0.378 e. The SMILES string of the molecule is O=C(CN1C(=O)C2CCCN2S(=O)(=O)c2ccccc21)N1CCOCC1. The van der Waals surface area contributed by atoms with Crippen molar-refractivity contribution in [1.82, 2.24) is 9.21 Å². The largest absolute Gasteiger partial charge is 0.378 e. The zero-order valence-corrected chi connectivity index (χ0v) is 15.2. The summed E-state index contributed by atoms with van der Waals surface area (Å²) < 4.78 is 32.6. The van der Waals surface area contributed by atoms with E-state index in [0.29, 0.717) is 45.7 Å². The number of sulfonamides is 1. The van der Waals surface area contributed by atoms with E-state index in [0.717, 1.165) is 0 Å². The van der Waals surface area contributed by atoms with Gasteiger partial charge in [0.15, 0.2) is 0 Å². The van der Waals surface area contributed by atoms with Gasteiger partial charge in [-0.05, 0) is 25.0 Å². The molecule has 1 aromatic carbocycles. The lowest BCUT2D eigenvalue weighted by Gasteiger charge is -2.30. The molecule has 3 heterocycles. The van der Waals surface area contributed by atoms with Gasteiger partial charge in [0.05, 0.1) is 18.9 Å². The summed E-state index contributed by atoms with van der Waals surface area (Å²) in [4.78, 5) is 28.9. The maximum absolute atomic E-state index is 13.1. The second kappa shape index (κ2) is 6.64. The van der Waals surface area contributed by atoms with Crippen LogP contribution in [-0.2, 0) is 24.3 Å². The number of nitrogens with zero attached hydrogens (tertiary/aromatic N) is 3. The number of carbonyl (C=O) groups excluding carboxylic acids is 2. The molecule has 0 aliphatic carbocycles. The first kappa shape index (κ1) is 17.4. The van der Waals surface area contributed by atoms with Crippen LogP contribution in [0.25, 0.3) is 0 Å². The first-order chi connectivity index (χ1) is 12.5. The van der Waals surface area contributed by atoms with Gasteiger partial charge in [-0.25, -0.2) is 8.42 Å². The number of benzene rings is 1. The zero-order valence-electron chi connectivity index (χ0n) is 14.3. The molecule has 3 aliphatic heterocycles. The van der Waals surface area contributed by atoms with E-state index in [1.165, 1.54) is 15.3 Å². The Labute approximate surface area is 152 Å². The molecule has 2 amide bonds. The topological polar surface area (TPSA) is 87.2 Å². The molecule has 1 aromatic rings. The van der Waals surface area contributed by atoms with E-state index in [2.05, 4.69) is 0 Å². The van der Waals surface area contributed by atoms with Crippen molar-refractivity contribution in [3.05, 3.63) is 24.3 Å². The van der Waals surface area contributed by atoms with E-state index in [-0.39, 0.29) is 28.9 Å². The Kier molecular flexibility index (Phi) is 4.45. The third-order valence-corrected chi connectivity index (χ3v) is 7.11. The van der Waals surface area contributed by atoms with Gasteiger partial charge in [-0.15, -0.1) is 0 Å². The third-order valence-electron chi connectivity index (χ3n) is 5.15. The Bertz CT molecular complexity index is 835. The molecule has 1 unspecified atom stereocenters. The zero-order chi connectivity index (χ0) is 18.3. The molecule has 0 spiro atoms. The molecule has 0 bridgehead atoms. The van der Waals surface area contributed by atoms with Crippen molar-refractivity contribution >= 4 is 27.5 Å². The molecular formula is C17H21N3O5S. The van der Waals surface area contributed by atoms with Gasteiger partial charge < -0.3 is 14.5 Å². The summed E-state index contributed by atoms with van der Waals surface area (Å²) in [5, 5.41) is 0. The molecule has 2 fully saturated rings. The molecule has 3 aliphatic rings. The summed E-state index contributed by atoms with van der Waals surface area (Å²) in [7, 11) is -3.76. The number of morpholine rings is 1. The van der Waals surface area contributed by atoms with Crippen LogP contribution in [-0.4, -0.2) is 74.9 Å². The van der Waals surface area contributed by atoms with Crippen molar-refractivity contribution in [3.63, 3.8) is 0 Å². The summed E-state index contributed by atoms with van der Waals surface area (Å²) >= 11 is 0. The van der Waals surface area contributed by atoms with Gasteiger partial charge in [-0.1, -0.05) is 12.1 Å². The van der Waals surface area contributed by atoms with Gasteiger partial charge in [0.1, 0.15) is 17.5 Å². The fraction of sp³-hybridized carbons (Fsp3) is 0.529. The smallest absolute Gasteiger partial charge is 0.245 e. The van der Waals surface area contributed by atoms with Gasteiger partial charge in [-0.3, -0.25) is 9.59 Å². The van der Waals surface area contributed by atoms with Crippen LogP contribution in [0.3, 0.4) is 0 Å². The average Bonchev–Trinajstić information content (AvgIpc) is 3.15. The Hall–Kier alpha value is -1.97. The summed E-state index contributed by atoms with van der Waals surface area (Å²) in [6.07, 6.45) is 1.12. The fourth-order valence-electron chi connectivity index (χ4n) is 3.81. The van der Waals surface area contributed by atoms with Crippen molar-refractivity contribution in [2.75, 3.05) is 44.3 Å². The highest BCUT2D eigenvalue weighted by Gasteiger charge is 2.46. The molecule has 2 saturated heterocycles. The molecule has 9 heteroatoms. The number of rotatable bonds is 2. The molecule has 0 aromatic heterocycles. The van der Waals surface area contributed by atoms with E-state index in [4.69, 9.17) is 4.74 Å². The standard InChI is InChI=1S/C17H21N3O5S/c21-16(18-8-10-25-11-9-18)12-19-13-4-1-2-6-15(13)26(23,24)20-7-3-5-14(20)17(19)22/h1-2,4,6,14H,3,5,7-12H2. The van der Waals surface area contributed by atoms with Crippen LogP contribution >= 0.6 is 0 Å². The van der Waals surface area contributed by atoms with Crippen LogP contribution in [0, 0.1) is 0 Å². The maximum atomic E-state index is 13.1. The number of hydrogen-bond donors (Lipinski definition) is 0. The Morgan fingerprint density at radius 1 is 1.15 bits per heavy atom. The highest BCUT2D eigenvalue weighted by Crippen LogP contribution is 2.37. The van der Waals surface area contributed by atoms with E-state index in [1.54, 1.807) is 23.1 Å². The summed E-state index contributed by atoms with van der Waals surface area (Å²) in [5.74, 6) is -0.516. The first-order valence-corrected chi connectivity index (χ1v) is 10.2. The molecule has 26 heavy (non-hydrogen) atoms. The fourth-order valence-corrected chi connectivity index (χ4v) is 5.65. The van der Waals surface area contributed by atoms with Crippen LogP contribution in [0.1, 0.15) is 12.8 Å². The number of anilines is 1. The number of amides is 2. The van der Waals surface area contributed by atoms with Crippen LogP contribution in [0.2, 0.25) is 0 Å². The van der Waals surface area contributed by atoms with E-state index >= 15 is 0 Å². The van der Waals surface area contributed by atoms with Crippen molar-refractivity contribution in [2.24, 2.45) is 0 Å². The number of fused-ring (bicyclic) bond motifs is 2. The Morgan fingerprint density at radius 2 is 1.88 bits per heavy atom. The predicted octanol–water partition coefficient (Wildman–Crippen LogP) is 0.0451. The Morgan fingerprint density at radius 3 is 2.65 bits per heavy atom. The second-order valence-electron chi connectivity index (χ2n) is 6.66. The predicted molar refractivity (Wildman–Crippen MR) is 93.1 cm³/mol. The number of para-hydroxylation sites is 1. The van der Waals surface area contributed by atoms with Crippen LogP contribution in [0.5, 0.6) is 0 Å². The summed E-state index contributed by atoms with van der Waals surface area (Å²) in [6.45, 7) is 2.09. The van der Waals surface area contributed by atoms with Gasteiger partial charge >= 0.3 is 0 Å². The quantitative estimate of drug-likeness (QED) is 0.724. The summed E-state index contributed by atoms with van der Waals surface area (Å²) in [5.41, 5.74) is 0.286. The van der Waals surface area contributed by atoms with Crippen LogP contribution in [0.15, 0.2) is 29.2 Å².